The van der Waals surface area contributed by atoms with Crippen molar-refractivity contribution in [1.82, 2.24) is 25.1 Å². The summed E-state index contributed by atoms with van der Waals surface area (Å²) in [6.45, 7) is 2.78. The monoisotopic (exact) mass is 425 g/mol. The summed E-state index contributed by atoms with van der Waals surface area (Å²) >= 11 is 6.99. The SMILES string of the molecule is CCCc1n[nH]c(=S)n1CC(=O)NCC(c1cccs1)c1c[nH]c2ccccc12. The lowest BCUT2D eigenvalue weighted by Gasteiger charge is -2.17. The van der Waals surface area contributed by atoms with Crippen molar-refractivity contribution in [3.8, 4) is 0 Å². The highest BCUT2D eigenvalue weighted by Gasteiger charge is 2.20. The Bertz CT molecular complexity index is 1160. The number of H-pyrrole nitrogens is 2. The highest BCUT2D eigenvalue weighted by Crippen LogP contribution is 2.32. The number of nitrogens with one attached hydrogen (secondary N) is 3. The number of hydrogen-bond donors (Lipinski definition) is 3. The van der Waals surface area contributed by atoms with Crippen LogP contribution in [-0.2, 0) is 17.8 Å². The van der Waals surface area contributed by atoms with Gasteiger partial charge in [-0.3, -0.25) is 14.5 Å². The molecule has 0 bridgehead atoms. The van der Waals surface area contributed by atoms with Gasteiger partial charge in [-0.15, -0.1) is 11.3 Å². The molecule has 3 aromatic heterocycles. The smallest absolute Gasteiger partial charge is 0.240 e. The highest BCUT2D eigenvalue weighted by molar-refractivity contribution is 7.71. The minimum atomic E-state index is -0.0683. The van der Waals surface area contributed by atoms with Gasteiger partial charge in [0.25, 0.3) is 0 Å². The summed E-state index contributed by atoms with van der Waals surface area (Å²) in [4.78, 5) is 17.3. The predicted molar refractivity (Wildman–Crippen MR) is 119 cm³/mol. The molecular weight excluding hydrogens is 402 g/mol. The molecule has 6 nitrogen and oxygen atoms in total. The zero-order valence-corrected chi connectivity index (χ0v) is 17.8. The number of fused-ring (bicyclic) bond motifs is 1. The molecule has 0 radical (unpaired) electrons. The van der Waals surface area contributed by atoms with Crippen molar-refractivity contribution in [3.63, 3.8) is 0 Å². The van der Waals surface area contributed by atoms with E-state index in [0.29, 0.717) is 11.3 Å². The molecule has 150 valence electrons. The molecule has 0 spiro atoms. The van der Waals surface area contributed by atoms with Crippen molar-refractivity contribution in [3.05, 3.63) is 69.0 Å². The van der Waals surface area contributed by atoms with Crippen LogP contribution >= 0.6 is 23.6 Å². The second kappa shape index (κ2) is 8.75. The Morgan fingerprint density at radius 2 is 2.17 bits per heavy atom. The van der Waals surface area contributed by atoms with Crippen molar-refractivity contribution >= 4 is 40.4 Å². The Morgan fingerprint density at radius 3 is 2.97 bits per heavy atom. The van der Waals surface area contributed by atoms with Crippen LogP contribution in [0.25, 0.3) is 10.9 Å². The summed E-state index contributed by atoms with van der Waals surface area (Å²) in [6.07, 6.45) is 3.78. The van der Waals surface area contributed by atoms with Gasteiger partial charge in [0.2, 0.25) is 5.91 Å². The van der Waals surface area contributed by atoms with Crippen molar-refractivity contribution in [2.75, 3.05) is 6.54 Å². The van der Waals surface area contributed by atoms with Gasteiger partial charge in [-0.05, 0) is 41.7 Å². The summed E-state index contributed by atoms with van der Waals surface area (Å²) in [7, 11) is 0. The van der Waals surface area contributed by atoms with E-state index in [1.807, 2.05) is 24.4 Å². The zero-order valence-electron chi connectivity index (χ0n) is 16.1. The first-order valence-electron chi connectivity index (χ1n) is 9.67. The molecule has 1 amide bonds. The molecule has 0 saturated carbocycles. The minimum Gasteiger partial charge on any atom is -0.361 e. The van der Waals surface area contributed by atoms with Gasteiger partial charge < -0.3 is 10.3 Å². The molecule has 8 heteroatoms. The number of carbonyl (C=O) groups excluding carboxylic acids is 1. The third kappa shape index (κ3) is 4.18. The first-order chi connectivity index (χ1) is 14.2. The molecule has 1 atom stereocenters. The number of aromatic nitrogens is 4. The fourth-order valence-corrected chi connectivity index (χ4v) is 4.64. The second-order valence-corrected chi connectivity index (χ2v) is 8.31. The van der Waals surface area contributed by atoms with Crippen LogP contribution in [0, 0.1) is 4.77 Å². The lowest BCUT2D eigenvalue weighted by Crippen LogP contribution is -2.32. The molecule has 29 heavy (non-hydrogen) atoms. The average Bonchev–Trinajstić information content (AvgIpc) is 3.46. The summed E-state index contributed by atoms with van der Waals surface area (Å²) in [6, 6.07) is 12.4. The zero-order chi connectivity index (χ0) is 20.2. The molecule has 1 aromatic carbocycles. The van der Waals surface area contributed by atoms with Crippen LogP contribution in [0.4, 0.5) is 0 Å². The molecule has 4 rings (SSSR count). The molecule has 0 aliphatic carbocycles. The Balaban J connectivity index is 1.53. The molecule has 0 saturated heterocycles. The van der Waals surface area contributed by atoms with Crippen molar-refractivity contribution in [2.45, 2.75) is 32.2 Å². The van der Waals surface area contributed by atoms with Gasteiger partial charge in [-0.1, -0.05) is 31.2 Å². The number of aromatic amines is 2. The molecule has 3 N–H and O–H groups in total. The first kappa shape index (κ1) is 19.6. The van der Waals surface area contributed by atoms with E-state index in [2.05, 4.69) is 51.0 Å². The fraction of sp³-hybridized carbons (Fsp3) is 0.286. The fourth-order valence-electron chi connectivity index (χ4n) is 3.58. The summed E-state index contributed by atoms with van der Waals surface area (Å²) < 4.78 is 2.26. The van der Waals surface area contributed by atoms with Gasteiger partial charge in [-0.2, -0.15) is 5.10 Å². The van der Waals surface area contributed by atoms with Crippen molar-refractivity contribution in [1.29, 1.82) is 0 Å². The Labute approximate surface area is 178 Å². The van der Waals surface area contributed by atoms with E-state index >= 15 is 0 Å². The van der Waals surface area contributed by atoms with E-state index < -0.39 is 0 Å². The first-order valence-corrected chi connectivity index (χ1v) is 11.0. The number of nitrogens with zero attached hydrogens (tertiary/aromatic N) is 2. The lowest BCUT2D eigenvalue weighted by molar-refractivity contribution is -0.121. The van der Waals surface area contributed by atoms with Gasteiger partial charge >= 0.3 is 0 Å². The molecule has 0 aliphatic heterocycles. The largest absolute Gasteiger partial charge is 0.361 e. The maximum Gasteiger partial charge on any atom is 0.240 e. The third-order valence-corrected chi connectivity index (χ3v) is 6.30. The van der Waals surface area contributed by atoms with Crippen molar-refractivity contribution < 1.29 is 4.79 Å². The van der Waals surface area contributed by atoms with Crippen LogP contribution in [0.1, 0.15) is 35.5 Å². The van der Waals surface area contributed by atoms with Gasteiger partial charge in [0, 0.05) is 40.9 Å². The molecule has 1 unspecified atom stereocenters. The molecule has 3 heterocycles. The summed E-state index contributed by atoms with van der Waals surface area (Å²) in [5, 5.41) is 13.4. The van der Waals surface area contributed by atoms with E-state index in [1.165, 1.54) is 15.8 Å². The van der Waals surface area contributed by atoms with Crippen LogP contribution in [0.2, 0.25) is 0 Å². The van der Waals surface area contributed by atoms with Crippen LogP contribution < -0.4 is 5.32 Å². The third-order valence-electron chi connectivity index (χ3n) is 5.00. The minimum absolute atomic E-state index is 0.0683. The van der Waals surface area contributed by atoms with Crippen molar-refractivity contribution in [2.24, 2.45) is 0 Å². The van der Waals surface area contributed by atoms with Gasteiger partial charge in [0.1, 0.15) is 12.4 Å². The topological polar surface area (TPSA) is 78.5 Å². The normalized spacial score (nSPS) is 12.3. The van der Waals surface area contributed by atoms with Gasteiger partial charge in [0.05, 0.1) is 0 Å². The van der Waals surface area contributed by atoms with Crippen LogP contribution in [-0.4, -0.2) is 32.2 Å². The number of aryl methyl sites for hydroxylation is 1. The predicted octanol–water partition coefficient (Wildman–Crippen LogP) is 4.38. The standard InChI is InChI=1S/C21H23N5OS2/c1-2-6-19-24-25-21(28)26(19)13-20(27)23-12-16(18-9-5-10-29-18)15-11-22-17-8-4-3-7-14(15)17/h3-5,7-11,16,22H,2,6,12-13H2,1H3,(H,23,27)(H,25,28). The Hall–Kier alpha value is -2.71. The van der Waals surface area contributed by atoms with E-state index in [4.69, 9.17) is 12.2 Å². The van der Waals surface area contributed by atoms with E-state index in [1.54, 1.807) is 15.9 Å². The summed E-state index contributed by atoms with van der Waals surface area (Å²) in [5.41, 5.74) is 2.29. The number of para-hydroxylation sites is 1. The van der Waals surface area contributed by atoms with E-state index in [0.717, 1.165) is 24.2 Å². The summed E-state index contributed by atoms with van der Waals surface area (Å²) in [5.74, 6) is 0.836. The number of carbonyl (C=O) groups is 1. The van der Waals surface area contributed by atoms with E-state index in [9.17, 15) is 4.79 Å². The Morgan fingerprint density at radius 1 is 1.31 bits per heavy atom. The molecular formula is C21H23N5OS2. The number of benzene rings is 1. The Kier molecular flexibility index (Phi) is 5.92. The average molecular weight is 426 g/mol. The van der Waals surface area contributed by atoms with Gasteiger partial charge in [0.15, 0.2) is 4.77 Å². The van der Waals surface area contributed by atoms with Crippen LogP contribution in [0.15, 0.2) is 48.0 Å². The van der Waals surface area contributed by atoms with Crippen LogP contribution in [0.3, 0.4) is 0 Å². The van der Waals surface area contributed by atoms with Crippen LogP contribution in [0.5, 0.6) is 0 Å². The molecule has 4 aromatic rings. The lowest BCUT2D eigenvalue weighted by atomic mass is 9.96. The number of amides is 1. The molecule has 0 fully saturated rings. The number of hydrogen-bond acceptors (Lipinski definition) is 4. The second-order valence-electron chi connectivity index (χ2n) is 6.94. The number of thiophene rings is 1. The quantitative estimate of drug-likeness (QED) is 0.367. The number of rotatable bonds is 8. The van der Waals surface area contributed by atoms with E-state index in [-0.39, 0.29) is 18.4 Å². The van der Waals surface area contributed by atoms with Gasteiger partial charge in [-0.25, -0.2) is 0 Å². The molecule has 0 aliphatic rings. The highest BCUT2D eigenvalue weighted by atomic mass is 32.1. The maximum absolute atomic E-state index is 12.7. The maximum atomic E-state index is 12.7.